The molecule has 23 heavy (non-hydrogen) atoms. The van der Waals surface area contributed by atoms with Crippen molar-refractivity contribution in [1.82, 2.24) is 10.2 Å². The summed E-state index contributed by atoms with van der Waals surface area (Å²) in [6.45, 7) is 4.45. The number of rotatable bonds is 9. The van der Waals surface area contributed by atoms with Gasteiger partial charge in [-0.2, -0.15) is 0 Å². The number of aliphatic hydroxyl groups excluding tert-OH is 1. The van der Waals surface area contributed by atoms with Crippen molar-refractivity contribution >= 4 is 23.4 Å². The summed E-state index contributed by atoms with van der Waals surface area (Å²) < 4.78 is 0. The molecule has 0 radical (unpaired) electrons. The number of hydrogen-bond acceptors (Lipinski definition) is 3. The zero-order valence-electron chi connectivity index (χ0n) is 13.7. The number of benzene rings is 1. The lowest BCUT2D eigenvalue weighted by Gasteiger charge is -2.28. The number of aliphatic hydroxyl groups is 1. The maximum atomic E-state index is 12.4. The Hall–Kier alpha value is -1.59. The van der Waals surface area contributed by atoms with Crippen LogP contribution in [0.15, 0.2) is 24.3 Å². The van der Waals surface area contributed by atoms with Crippen molar-refractivity contribution in [1.29, 1.82) is 0 Å². The molecule has 0 aliphatic rings. The van der Waals surface area contributed by atoms with E-state index in [1.807, 2.05) is 19.1 Å². The van der Waals surface area contributed by atoms with E-state index in [0.29, 0.717) is 31.0 Å². The Labute approximate surface area is 142 Å². The Morgan fingerprint density at radius 2 is 1.96 bits per heavy atom. The third kappa shape index (κ3) is 6.59. The van der Waals surface area contributed by atoms with E-state index < -0.39 is 6.04 Å². The number of hydrogen-bond donors (Lipinski definition) is 2. The van der Waals surface area contributed by atoms with Gasteiger partial charge in [-0.3, -0.25) is 9.59 Å². The summed E-state index contributed by atoms with van der Waals surface area (Å²) in [5, 5.41) is 12.2. The number of carbonyl (C=O) groups excluding carboxylic acids is 2. The number of nitrogens with zero attached hydrogens (tertiary/aromatic N) is 1. The van der Waals surface area contributed by atoms with E-state index in [1.165, 1.54) is 0 Å². The van der Waals surface area contributed by atoms with E-state index >= 15 is 0 Å². The average molecular weight is 341 g/mol. The lowest BCUT2D eigenvalue weighted by atomic mass is 10.1. The first-order chi connectivity index (χ1) is 11.0. The number of carbonyl (C=O) groups is 2. The van der Waals surface area contributed by atoms with Crippen molar-refractivity contribution in [2.45, 2.75) is 45.7 Å². The molecule has 6 heteroatoms. The molecule has 0 aliphatic heterocycles. The maximum Gasteiger partial charge on any atom is 0.242 e. The molecule has 2 N–H and O–H groups in total. The summed E-state index contributed by atoms with van der Waals surface area (Å²) in [6.07, 6.45) is 1.63. The predicted molar refractivity (Wildman–Crippen MR) is 91.1 cm³/mol. The van der Waals surface area contributed by atoms with Crippen LogP contribution in [-0.4, -0.2) is 41.0 Å². The van der Waals surface area contributed by atoms with Gasteiger partial charge in [0.2, 0.25) is 11.8 Å². The fraction of sp³-hybridized carbons (Fsp3) is 0.529. The second-order valence-corrected chi connectivity index (χ2v) is 5.88. The fourth-order valence-corrected chi connectivity index (χ4v) is 2.29. The van der Waals surface area contributed by atoms with Gasteiger partial charge in [0.15, 0.2) is 0 Å². The van der Waals surface area contributed by atoms with Gasteiger partial charge in [-0.15, -0.1) is 0 Å². The summed E-state index contributed by atoms with van der Waals surface area (Å²) in [7, 11) is 0. The smallest absolute Gasteiger partial charge is 0.242 e. The fourth-order valence-electron chi connectivity index (χ4n) is 2.16. The molecule has 0 unspecified atom stereocenters. The molecule has 5 nitrogen and oxygen atoms in total. The number of nitrogens with one attached hydrogen (secondary N) is 1. The molecule has 0 saturated carbocycles. The van der Waals surface area contributed by atoms with Crippen LogP contribution >= 0.6 is 11.6 Å². The van der Waals surface area contributed by atoms with Gasteiger partial charge in [0.25, 0.3) is 0 Å². The molecule has 1 aromatic carbocycles. The average Bonchev–Trinajstić information content (AvgIpc) is 2.54. The molecule has 0 aromatic heterocycles. The Morgan fingerprint density at radius 1 is 1.30 bits per heavy atom. The first-order valence-electron chi connectivity index (χ1n) is 7.92. The minimum absolute atomic E-state index is 0.0257. The summed E-state index contributed by atoms with van der Waals surface area (Å²) >= 11 is 5.88. The van der Waals surface area contributed by atoms with E-state index in [1.54, 1.807) is 24.0 Å². The SMILES string of the molecule is CCCC(=O)N(Cc1ccc(Cl)cc1)[C@H](C)C(=O)NCCCO. The molecular weight excluding hydrogens is 316 g/mol. The topological polar surface area (TPSA) is 69.6 Å². The van der Waals surface area contributed by atoms with Crippen molar-refractivity contribution in [3.63, 3.8) is 0 Å². The van der Waals surface area contributed by atoms with Crippen LogP contribution in [0, 0.1) is 0 Å². The van der Waals surface area contributed by atoms with Crippen molar-refractivity contribution in [3.8, 4) is 0 Å². The van der Waals surface area contributed by atoms with Gasteiger partial charge in [-0.25, -0.2) is 0 Å². The van der Waals surface area contributed by atoms with Crippen LogP contribution in [0.5, 0.6) is 0 Å². The lowest BCUT2D eigenvalue weighted by Crippen LogP contribution is -2.47. The highest BCUT2D eigenvalue weighted by Gasteiger charge is 2.25. The molecule has 0 bridgehead atoms. The zero-order valence-corrected chi connectivity index (χ0v) is 14.5. The molecule has 2 amide bonds. The Balaban J connectivity index is 2.80. The second-order valence-electron chi connectivity index (χ2n) is 5.44. The predicted octanol–water partition coefficient (Wildman–Crippen LogP) is 2.36. The molecule has 0 spiro atoms. The second kappa shape index (κ2) is 10.2. The van der Waals surface area contributed by atoms with Crippen molar-refractivity contribution in [3.05, 3.63) is 34.9 Å². The van der Waals surface area contributed by atoms with Crippen LogP contribution in [0.3, 0.4) is 0 Å². The van der Waals surface area contributed by atoms with E-state index in [2.05, 4.69) is 5.32 Å². The molecule has 0 aliphatic carbocycles. The minimum Gasteiger partial charge on any atom is -0.396 e. The molecule has 1 rings (SSSR count). The van der Waals surface area contributed by atoms with Gasteiger partial charge in [0, 0.05) is 31.1 Å². The van der Waals surface area contributed by atoms with Crippen LogP contribution < -0.4 is 5.32 Å². The molecular formula is C17H25ClN2O3. The van der Waals surface area contributed by atoms with E-state index in [4.69, 9.17) is 16.7 Å². The standard InChI is InChI=1S/C17H25ClN2O3/c1-3-5-16(22)20(12-14-6-8-15(18)9-7-14)13(2)17(23)19-10-4-11-21/h6-9,13,21H,3-5,10-12H2,1-2H3,(H,19,23)/t13-/m1/s1. The number of amides is 2. The largest absolute Gasteiger partial charge is 0.396 e. The molecule has 0 fully saturated rings. The first-order valence-corrected chi connectivity index (χ1v) is 8.29. The molecule has 1 atom stereocenters. The zero-order chi connectivity index (χ0) is 17.2. The molecule has 0 saturated heterocycles. The van der Waals surface area contributed by atoms with E-state index in [0.717, 1.165) is 12.0 Å². The van der Waals surface area contributed by atoms with Crippen molar-refractivity contribution in [2.24, 2.45) is 0 Å². The van der Waals surface area contributed by atoms with Gasteiger partial charge < -0.3 is 15.3 Å². The van der Waals surface area contributed by atoms with Gasteiger partial charge in [-0.1, -0.05) is 30.7 Å². The first kappa shape index (κ1) is 19.5. The Morgan fingerprint density at radius 3 is 2.52 bits per heavy atom. The Kier molecular flexibility index (Phi) is 8.66. The maximum absolute atomic E-state index is 12.4. The van der Waals surface area contributed by atoms with Crippen LogP contribution in [0.4, 0.5) is 0 Å². The van der Waals surface area contributed by atoms with Gasteiger partial charge in [0.05, 0.1) is 0 Å². The van der Waals surface area contributed by atoms with Gasteiger partial charge in [0.1, 0.15) is 6.04 Å². The minimum atomic E-state index is -0.566. The normalized spacial score (nSPS) is 11.8. The summed E-state index contributed by atoms with van der Waals surface area (Å²) in [5.74, 6) is -0.260. The molecule has 1 aromatic rings. The summed E-state index contributed by atoms with van der Waals surface area (Å²) in [5.41, 5.74) is 0.925. The highest BCUT2D eigenvalue weighted by Crippen LogP contribution is 2.14. The highest BCUT2D eigenvalue weighted by atomic mass is 35.5. The lowest BCUT2D eigenvalue weighted by molar-refractivity contribution is -0.140. The third-order valence-corrected chi connectivity index (χ3v) is 3.78. The van der Waals surface area contributed by atoms with Crippen LogP contribution in [0.2, 0.25) is 5.02 Å². The van der Waals surface area contributed by atoms with E-state index in [9.17, 15) is 9.59 Å². The monoisotopic (exact) mass is 340 g/mol. The Bertz CT molecular complexity index is 505. The van der Waals surface area contributed by atoms with Crippen LogP contribution in [0.1, 0.15) is 38.7 Å². The molecule has 128 valence electrons. The van der Waals surface area contributed by atoms with Crippen molar-refractivity contribution in [2.75, 3.05) is 13.2 Å². The highest BCUT2D eigenvalue weighted by molar-refractivity contribution is 6.30. The summed E-state index contributed by atoms with van der Waals surface area (Å²) in [4.78, 5) is 26.2. The third-order valence-electron chi connectivity index (χ3n) is 3.53. The van der Waals surface area contributed by atoms with E-state index in [-0.39, 0.29) is 18.4 Å². The summed E-state index contributed by atoms with van der Waals surface area (Å²) in [6, 6.07) is 6.68. The molecule has 0 heterocycles. The van der Waals surface area contributed by atoms with Crippen LogP contribution in [-0.2, 0) is 16.1 Å². The van der Waals surface area contributed by atoms with Gasteiger partial charge in [-0.05, 0) is 37.5 Å². The van der Waals surface area contributed by atoms with Crippen molar-refractivity contribution < 1.29 is 14.7 Å². The number of halogens is 1. The van der Waals surface area contributed by atoms with Crippen LogP contribution in [0.25, 0.3) is 0 Å². The quantitative estimate of drug-likeness (QED) is 0.678. The van der Waals surface area contributed by atoms with Gasteiger partial charge >= 0.3 is 0 Å².